The van der Waals surface area contributed by atoms with Crippen molar-refractivity contribution in [3.8, 4) is 5.75 Å². The first-order valence-electron chi connectivity index (χ1n) is 11.1. The van der Waals surface area contributed by atoms with Crippen molar-refractivity contribution < 1.29 is 18.4 Å². The molecule has 168 valence electrons. The van der Waals surface area contributed by atoms with E-state index in [9.17, 15) is 9.18 Å². The van der Waals surface area contributed by atoms with Gasteiger partial charge in [-0.25, -0.2) is 9.18 Å². The molecule has 1 unspecified atom stereocenters. The monoisotopic (exact) mass is 438 g/mol. The Morgan fingerprint density at radius 3 is 2.66 bits per heavy atom. The highest BCUT2D eigenvalue weighted by Gasteiger charge is 2.55. The summed E-state index contributed by atoms with van der Waals surface area (Å²) in [6, 6.07) is 12.0. The Morgan fingerprint density at radius 2 is 1.88 bits per heavy atom. The van der Waals surface area contributed by atoms with Crippen molar-refractivity contribution in [3.63, 3.8) is 0 Å². The Kier molecular flexibility index (Phi) is 4.95. The minimum absolute atomic E-state index is 0.0466. The fourth-order valence-electron chi connectivity index (χ4n) is 4.88. The van der Waals surface area contributed by atoms with Crippen LogP contribution in [0, 0.1) is 11.2 Å². The fraction of sp³-hybridized carbons (Fsp3) is 0.417. The van der Waals surface area contributed by atoms with Gasteiger partial charge in [0.2, 0.25) is 0 Å². The number of aromatic nitrogens is 1. The summed E-state index contributed by atoms with van der Waals surface area (Å²) < 4.78 is 24.6. The molecule has 2 saturated heterocycles. The maximum atomic E-state index is 13.6. The number of carbonyl (C=O) groups excluding carboxylic acids is 1. The number of amides is 2. The molecule has 4 heterocycles. The number of urea groups is 1. The van der Waals surface area contributed by atoms with E-state index in [-0.39, 0.29) is 23.3 Å². The van der Waals surface area contributed by atoms with Crippen LogP contribution in [0.1, 0.15) is 20.8 Å². The van der Waals surface area contributed by atoms with Gasteiger partial charge in [0, 0.05) is 37.7 Å². The van der Waals surface area contributed by atoms with Gasteiger partial charge in [-0.15, -0.1) is 0 Å². The summed E-state index contributed by atoms with van der Waals surface area (Å²) in [7, 11) is 0. The number of carbonyl (C=O) groups is 1. The van der Waals surface area contributed by atoms with E-state index in [2.05, 4.69) is 10.1 Å². The van der Waals surface area contributed by atoms with Crippen molar-refractivity contribution >= 4 is 28.5 Å². The molecule has 0 radical (unpaired) electrons. The first kappa shape index (κ1) is 20.6. The maximum Gasteiger partial charge on any atom is 0.325 e. The van der Waals surface area contributed by atoms with Gasteiger partial charge in [-0.1, -0.05) is 31.1 Å². The van der Waals surface area contributed by atoms with E-state index in [4.69, 9.17) is 9.26 Å². The SMILES string of the molecule is CC.CC1COc2cc(F)ccc2N1C(=O)N1CC2(C1)CN(c1noc3ccccc13)C2. The molecular weight excluding hydrogens is 411 g/mol. The number of rotatable bonds is 1. The third-order valence-electron chi connectivity index (χ3n) is 6.34. The molecule has 0 bridgehead atoms. The molecule has 2 amide bonds. The highest BCUT2D eigenvalue weighted by atomic mass is 19.1. The number of ether oxygens (including phenoxy) is 1. The summed E-state index contributed by atoms with van der Waals surface area (Å²) >= 11 is 0. The molecule has 8 heteroatoms. The standard InChI is InChI=1S/C22H21FN4O3.C2H6/c1-14-9-29-19-8-15(23)6-7-17(19)27(14)21(28)26-12-22(13-26)10-25(11-22)20-16-4-2-3-5-18(16)30-24-20;1-2/h2-8,14H,9-13H2,1H3;1-2H3. The second-order valence-electron chi connectivity index (χ2n) is 8.64. The summed E-state index contributed by atoms with van der Waals surface area (Å²) in [6.07, 6.45) is 0. The van der Waals surface area contributed by atoms with E-state index in [1.165, 1.54) is 12.1 Å². The predicted octanol–water partition coefficient (Wildman–Crippen LogP) is 4.52. The Morgan fingerprint density at radius 1 is 1.12 bits per heavy atom. The number of para-hydroxylation sites is 1. The number of benzene rings is 2. The lowest BCUT2D eigenvalue weighted by atomic mass is 9.73. The van der Waals surface area contributed by atoms with Crippen molar-refractivity contribution in [2.75, 3.05) is 42.6 Å². The van der Waals surface area contributed by atoms with Crippen LogP contribution in [0.25, 0.3) is 11.0 Å². The van der Waals surface area contributed by atoms with Crippen LogP contribution in [0.5, 0.6) is 5.75 Å². The molecule has 1 atom stereocenters. The van der Waals surface area contributed by atoms with Gasteiger partial charge < -0.3 is 19.1 Å². The topological polar surface area (TPSA) is 62.1 Å². The summed E-state index contributed by atoms with van der Waals surface area (Å²) in [6.45, 7) is 9.42. The quantitative estimate of drug-likeness (QED) is 0.559. The molecule has 0 N–H and O–H groups in total. The van der Waals surface area contributed by atoms with Gasteiger partial charge >= 0.3 is 6.03 Å². The summed E-state index contributed by atoms with van der Waals surface area (Å²) in [4.78, 5) is 19.0. The van der Waals surface area contributed by atoms with Gasteiger partial charge in [0.15, 0.2) is 11.4 Å². The first-order chi connectivity index (χ1) is 15.5. The van der Waals surface area contributed by atoms with Crippen LogP contribution in [0.4, 0.5) is 20.7 Å². The van der Waals surface area contributed by atoms with Crippen molar-refractivity contribution in [1.82, 2.24) is 10.1 Å². The van der Waals surface area contributed by atoms with Gasteiger partial charge in [0.25, 0.3) is 0 Å². The van der Waals surface area contributed by atoms with Gasteiger partial charge in [-0.3, -0.25) is 4.90 Å². The fourth-order valence-corrected chi connectivity index (χ4v) is 4.88. The van der Waals surface area contributed by atoms with E-state index in [1.807, 2.05) is 49.9 Å². The van der Waals surface area contributed by atoms with Gasteiger partial charge in [0.1, 0.15) is 18.2 Å². The van der Waals surface area contributed by atoms with Crippen LogP contribution in [0.2, 0.25) is 0 Å². The molecular formula is C24H27FN4O3. The molecule has 7 nitrogen and oxygen atoms in total. The molecule has 2 aromatic carbocycles. The highest BCUT2D eigenvalue weighted by Crippen LogP contribution is 2.44. The van der Waals surface area contributed by atoms with Crippen molar-refractivity contribution in [2.45, 2.75) is 26.8 Å². The van der Waals surface area contributed by atoms with E-state index in [0.717, 1.165) is 29.9 Å². The third-order valence-corrected chi connectivity index (χ3v) is 6.34. The van der Waals surface area contributed by atoms with Gasteiger partial charge in [-0.05, 0) is 31.2 Å². The molecule has 0 saturated carbocycles. The largest absolute Gasteiger partial charge is 0.489 e. The van der Waals surface area contributed by atoms with Crippen LogP contribution in [0.15, 0.2) is 47.0 Å². The number of anilines is 2. The van der Waals surface area contributed by atoms with Crippen molar-refractivity contribution in [1.29, 1.82) is 0 Å². The first-order valence-corrected chi connectivity index (χ1v) is 11.1. The van der Waals surface area contributed by atoms with Gasteiger partial charge in [-0.2, -0.15) is 0 Å². The summed E-state index contributed by atoms with van der Waals surface area (Å²) in [5.74, 6) is 0.928. The zero-order valence-corrected chi connectivity index (χ0v) is 18.5. The number of likely N-dealkylation sites (tertiary alicyclic amines) is 1. The number of fused-ring (bicyclic) bond motifs is 2. The smallest absolute Gasteiger partial charge is 0.325 e. The Balaban J connectivity index is 0.00000105. The number of hydrogen-bond acceptors (Lipinski definition) is 5. The summed E-state index contributed by atoms with van der Waals surface area (Å²) in [5, 5.41) is 5.25. The lowest BCUT2D eigenvalue weighted by molar-refractivity contribution is 0.00843. The highest BCUT2D eigenvalue weighted by molar-refractivity contribution is 5.95. The number of halogens is 1. The molecule has 2 fully saturated rings. The molecule has 32 heavy (non-hydrogen) atoms. The third kappa shape index (κ3) is 3.16. The zero-order valence-electron chi connectivity index (χ0n) is 18.5. The van der Waals surface area contributed by atoms with Crippen LogP contribution >= 0.6 is 0 Å². The zero-order chi connectivity index (χ0) is 22.5. The Hall–Kier alpha value is -3.29. The lowest BCUT2D eigenvalue weighted by Gasteiger charge is -2.60. The average Bonchev–Trinajstić information content (AvgIpc) is 3.17. The van der Waals surface area contributed by atoms with Crippen LogP contribution in [0.3, 0.4) is 0 Å². The normalized spacial score (nSPS) is 20.6. The average molecular weight is 439 g/mol. The molecule has 3 aromatic rings. The van der Waals surface area contributed by atoms with Crippen molar-refractivity contribution in [2.24, 2.45) is 5.41 Å². The molecule has 3 aliphatic rings. The maximum absolute atomic E-state index is 13.6. The van der Waals surface area contributed by atoms with Crippen LogP contribution < -0.4 is 14.5 Å². The minimum Gasteiger partial charge on any atom is -0.489 e. The van der Waals surface area contributed by atoms with Crippen LogP contribution in [-0.2, 0) is 0 Å². The van der Waals surface area contributed by atoms with Gasteiger partial charge in [0.05, 0.1) is 17.1 Å². The molecule has 0 aliphatic carbocycles. The second kappa shape index (κ2) is 7.69. The van der Waals surface area contributed by atoms with E-state index in [0.29, 0.717) is 31.1 Å². The molecule has 1 aromatic heterocycles. The Labute approximate surface area is 186 Å². The predicted molar refractivity (Wildman–Crippen MR) is 121 cm³/mol. The second-order valence-corrected chi connectivity index (χ2v) is 8.64. The molecule has 3 aliphatic heterocycles. The number of hydrogen-bond donors (Lipinski definition) is 0. The minimum atomic E-state index is -0.367. The number of nitrogens with zero attached hydrogens (tertiary/aromatic N) is 4. The lowest BCUT2D eigenvalue weighted by Crippen LogP contribution is -2.74. The van der Waals surface area contributed by atoms with Crippen LogP contribution in [-0.4, -0.2) is 54.9 Å². The van der Waals surface area contributed by atoms with E-state index in [1.54, 1.807) is 11.0 Å². The Bertz CT molecular complexity index is 1150. The summed E-state index contributed by atoms with van der Waals surface area (Å²) in [5.41, 5.74) is 1.53. The molecule has 1 spiro atoms. The van der Waals surface area contributed by atoms with E-state index < -0.39 is 0 Å². The molecule has 6 rings (SSSR count). The van der Waals surface area contributed by atoms with E-state index >= 15 is 0 Å². The van der Waals surface area contributed by atoms with Crippen molar-refractivity contribution in [3.05, 3.63) is 48.3 Å².